The minimum absolute atomic E-state index is 0.0626. The van der Waals surface area contributed by atoms with Crippen LogP contribution in [0.3, 0.4) is 0 Å². The normalized spacial score (nSPS) is 15.3. The summed E-state index contributed by atoms with van der Waals surface area (Å²) in [4.78, 5) is 26.0. The second kappa shape index (κ2) is 11.3. The van der Waals surface area contributed by atoms with Crippen LogP contribution in [-0.2, 0) is 4.79 Å². The highest BCUT2D eigenvalue weighted by molar-refractivity contribution is 7.08. The molecule has 2 rings (SSSR count). The molecule has 2 N–H and O–H groups in total. The molecule has 1 aromatic rings. The molecule has 1 aromatic heterocycles. The number of hydrogen-bond donors (Lipinski definition) is 2. The molecule has 0 spiro atoms. The van der Waals surface area contributed by atoms with E-state index in [2.05, 4.69) is 22.6 Å². The molecule has 140 valence electrons. The topological polar surface area (TPSA) is 61.4 Å². The molecule has 0 unspecified atom stereocenters. The highest BCUT2D eigenvalue weighted by Crippen LogP contribution is 2.21. The van der Waals surface area contributed by atoms with E-state index in [1.165, 1.54) is 43.4 Å². The first kappa shape index (κ1) is 19.9. The molecule has 6 heteroatoms. The lowest BCUT2D eigenvalue weighted by Crippen LogP contribution is -2.36. The Labute approximate surface area is 155 Å². The summed E-state index contributed by atoms with van der Waals surface area (Å²) in [6.07, 6.45) is 8.86. The maximum Gasteiger partial charge on any atom is 0.252 e. The molecule has 2 amide bonds. The molecule has 0 aromatic carbocycles. The van der Waals surface area contributed by atoms with Gasteiger partial charge in [0, 0.05) is 36.5 Å². The highest BCUT2D eigenvalue weighted by Gasteiger charge is 2.17. The lowest BCUT2D eigenvalue weighted by molar-refractivity contribution is -0.121. The predicted molar refractivity (Wildman–Crippen MR) is 103 cm³/mol. The number of carbonyl (C=O) groups is 2. The lowest BCUT2D eigenvalue weighted by Gasteiger charge is -2.31. The van der Waals surface area contributed by atoms with Crippen LogP contribution in [-0.4, -0.2) is 49.4 Å². The van der Waals surface area contributed by atoms with Crippen LogP contribution in [0.15, 0.2) is 16.8 Å². The summed E-state index contributed by atoms with van der Waals surface area (Å²) in [5, 5.41) is 9.53. The van der Waals surface area contributed by atoms with Crippen LogP contribution in [0.1, 0.15) is 61.7 Å². The van der Waals surface area contributed by atoms with Gasteiger partial charge < -0.3 is 15.5 Å². The average molecular weight is 366 g/mol. The largest absolute Gasteiger partial charge is 0.356 e. The number of thiophene rings is 1. The van der Waals surface area contributed by atoms with Crippen molar-refractivity contribution in [2.24, 2.45) is 0 Å². The Balaban J connectivity index is 1.46. The Kier molecular flexibility index (Phi) is 8.97. The van der Waals surface area contributed by atoms with Gasteiger partial charge in [0.05, 0.1) is 0 Å². The monoisotopic (exact) mass is 365 g/mol. The highest BCUT2D eigenvalue weighted by atomic mass is 32.1. The smallest absolute Gasteiger partial charge is 0.252 e. The fourth-order valence-electron chi connectivity index (χ4n) is 3.30. The molecule has 1 saturated carbocycles. The summed E-state index contributed by atoms with van der Waals surface area (Å²) >= 11 is 1.51. The third-order valence-corrected chi connectivity index (χ3v) is 5.54. The van der Waals surface area contributed by atoms with Crippen molar-refractivity contribution in [1.29, 1.82) is 0 Å². The predicted octanol–water partition coefficient (Wildman–Crippen LogP) is 3.03. The van der Waals surface area contributed by atoms with Crippen LogP contribution in [0.4, 0.5) is 0 Å². The molecule has 25 heavy (non-hydrogen) atoms. The SMILES string of the molecule is CN(CCCNC(=O)CCCNC(=O)c1ccsc1)C1CCCCC1. The van der Waals surface area contributed by atoms with E-state index in [-0.39, 0.29) is 11.8 Å². The van der Waals surface area contributed by atoms with E-state index in [4.69, 9.17) is 0 Å². The van der Waals surface area contributed by atoms with Crippen molar-refractivity contribution in [2.75, 3.05) is 26.7 Å². The molecular weight excluding hydrogens is 334 g/mol. The van der Waals surface area contributed by atoms with Gasteiger partial charge in [-0.25, -0.2) is 0 Å². The minimum Gasteiger partial charge on any atom is -0.356 e. The second-order valence-electron chi connectivity index (χ2n) is 6.85. The van der Waals surface area contributed by atoms with E-state index >= 15 is 0 Å². The van der Waals surface area contributed by atoms with E-state index in [0.29, 0.717) is 24.9 Å². The molecule has 1 heterocycles. The van der Waals surface area contributed by atoms with Crippen molar-refractivity contribution < 1.29 is 9.59 Å². The zero-order valence-electron chi connectivity index (χ0n) is 15.3. The average Bonchev–Trinajstić information content (AvgIpc) is 3.17. The third kappa shape index (κ3) is 7.57. The van der Waals surface area contributed by atoms with Crippen LogP contribution >= 0.6 is 11.3 Å². The van der Waals surface area contributed by atoms with Gasteiger partial charge in [-0.05, 0) is 50.7 Å². The summed E-state index contributed by atoms with van der Waals surface area (Å²) in [7, 11) is 2.20. The van der Waals surface area contributed by atoms with E-state index in [1.54, 1.807) is 6.07 Å². The van der Waals surface area contributed by atoms with Crippen molar-refractivity contribution >= 4 is 23.2 Å². The molecule has 0 atom stereocenters. The second-order valence-corrected chi connectivity index (χ2v) is 7.63. The number of rotatable bonds is 10. The summed E-state index contributed by atoms with van der Waals surface area (Å²) in [5.41, 5.74) is 0.691. The third-order valence-electron chi connectivity index (χ3n) is 4.86. The van der Waals surface area contributed by atoms with Crippen molar-refractivity contribution in [1.82, 2.24) is 15.5 Å². The quantitative estimate of drug-likeness (QED) is 0.627. The molecule has 0 radical (unpaired) electrons. The zero-order chi connectivity index (χ0) is 17.9. The summed E-state index contributed by atoms with van der Waals surface area (Å²) < 4.78 is 0. The van der Waals surface area contributed by atoms with Crippen molar-refractivity contribution in [3.05, 3.63) is 22.4 Å². The molecule has 0 saturated heterocycles. The number of amides is 2. The van der Waals surface area contributed by atoms with Gasteiger partial charge in [0.1, 0.15) is 0 Å². The molecule has 1 fully saturated rings. The van der Waals surface area contributed by atoms with E-state index in [9.17, 15) is 9.59 Å². The molecule has 0 aliphatic heterocycles. The molecule has 5 nitrogen and oxygen atoms in total. The van der Waals surface area contributed by atoms with E-state index in [1.807, 2.05) is 10.8 Å². The van der Waals surface area contributed by atoms with E-state index in [0.717, 1.165) is 25.6 Å². The molecule has 0 bridgehead atoms. The first-order chi connectivity index (χ1) is 12.2. The Hall–Kier alpha value is -1.40. The zero-order valence-corrected chi connectivity index (χ0v) is 16.1. The Morgan fingerprint density at radius 1 is 1.16 bits per heavy atom. The minimum atomic E-state index is -0.0626. The fraction of sp³-hybridized carbons (Fsp3) is 0.684. The van der Waals surface area contributed by atoms with Gasteiger partial charge in [-0.1, -0.05) is 19.3 Å². The Morgan fingerprint density at radius 3 is 2.64 bits per heavy atom. The summed E-state index contributed by atoms with van der Waals surface area (Å²) in [6.45, 7) is 2.31. The summed E-state index contributed by atoms with van der Waals surface area (Å²) in [6, 6.07) is 2.54. The number of carbonyl (C=O) groups excluding carboxylic acids is 2. The van der Waals surface area contributed by atoms with E-state index < -0.39 is 0 Å². The lowest BCUT2D eigenvalue weighted by atomic mass is 9.94. The van der Waals surface area contributed by atoms with Gasteiger partial charge in [-0.2, -0.15) is 11.3 Å². The number of nitrogens with zero attached hydrogens (tertiary/aromatic N) is 1. The first-order valence-corrected chi connectivity index (χ1v) is 10.4. The van der Waals surface area contributed by atoms with Crippen molar-refractivity contribution in [3.63, 3.8) is 0 Å². The number of nitrogens with one attached hydrogen (secondary N) is 2. The van der Waals surface area contributed by atoms with Crippen LogP contribution in [0, 0.1) is 0 Å². The van der Waals surface area contributed by atoms with Crippen LogP contribution in [0.2, 0.25) is 0 Å². The fourth-order valence-corrected chi connectivity index (χ4v) is 3.93. The molecular formula is C19H31N3O2S. The van der Waals surface area contributed by atoms with Gasteiger partial charge in [0.25, 0.3) is 5.91 Å². The maximum absolute atomic E-state index is 11.8. The number of hydrogen-bond acceptors (Lipinski definition) is 4. The van der Waals surface area contributed by atoms with Gasteiger partial charge in [0.15, 0.2) is 0 Å². The first-order valence-electron chi connectivity index (χ1n) is 9.44. The Bertz CT molecular complexity index is 513. The van der Waals surface area contributed by atoms with Crippen molar-refractivity contribution in [2.45, 2.75) is 57.4 Å². The van der Waals surface area contributed by atoms with Crippen LogP contribution in [0.5, 0.6) is 0 Å². The van der Waals surface area contributed by atoms with Crippen LogP contribution < -0.4 is 10.6 Å². The standard InChI is InChI=1S/C19H31N3O2S/c1-22(17-7-3-2-4-8-17)13-6-12-20-18(23)9-5-11-21-19(24)16-10-14-25-15-16/h10,14-15,17H,2-9,11-13H2,1H3,(H,20,23)(H,21,24). The molecule has 1 aliphatic carbocycles. The van der Waals surface area contributed by atoms with Gasteiger partial charge in [-0.15, -0.1) is 0 Å². The van der Waals surface area contributed by atoms with Gasteiger partial charge >= 0.3 is 0 Å². The van der Waals surface area contributed by atoms with Gasteiger partial charge in [0.2, 0.25) is 5.91 Å². The maximum atomic E-state index is 11.8. The van der Waals surface area contributed by atoms with Gasteiger partial charge in [-0.3, -0.25) is 9.59 Å². The Morgan fingerprint density at radius 2 is 1.92 bits per heavy atom. The van der Waals surface area contributed by atoms with Crippen molar-refractivity contribution in [3.8, 4) is 0 Å². The summed E-state index contributed by atoms with van der Waals surface area (Å²) in [5.74, 6) is 0.0116. The van der Waals surface area contributed by atoms with Crippen LogP contribution in [0.25, 0.3) is 0 Å². The molecule has 1 aliphatic rings.